The zero-order valence-electron chi connectivity index (χ0n) is 16.0. The minimum absolute atomic E-state index is 0.0372. The number of carbonyl (C=O) groups is 2. The Kier molecular flexibility index (Phi) is 7.65. The molecule has 2 amide bonds. The van der Waals surface area contributed by atoms with E-state index in [4.69, 9.17) is 0 Å². The summed E-state index contributed by atoms with van der Waals surface area (Å²) in [7, 11) is 0. The molecule has 27 heavy (non-hydrogen) atoms. The lowest BCUT2D eigenvalue weighted by Gasteiger charge is -2.33. The van der Waals surface area contributed by atoms with Crippen molar-refractivity contribution in [3.05, 3.63) is 34.4 Å². The van der Waals surface area contributed by atoms with E-state index < -0.39 is 4.92 Å². The number of benzene rings is 1. The summed E-state index contributed by atoms with van der Waals surface area (Å²) in [5, 5.41) is 13.5. The highest BCUT2D eigenvalue weighted by molar-refractivity contribution is 8.00. The molecule has 1 fully saturated rings. The van der Waals surface area contributed by atoms with E-state index in [1.807, 2.05) is 25.7 Å². The van der Waals surface area contributed by atoms with E-state index in [0.717, 1.165) is 17.7 Å². The molecular formula is C19H27N3O4S. The number of piperidine rings is 1. The summed E-state index contributed by atoms with van der Waals surface area (Å²) in [5.74, 6) is 0.495. The van der Waals surface area contributed by atoms with Crippen molar-refractivity contribution < 1.29 is 14.5 Å². The third-order valence-corrected chi connectivity index (χ3v) is 5.62. The van der Waals surface area contributed by atoms with E-state index in [1.165, 1.54) is 23.9 Å². The maximum Gasteiger partial charge on any atom is 0.269 e. The molecule has 1 saturated heterocycles. The zero-order chi connectivity index (χ0) is 20.0. The number of hydrogen-bond donors (Lipinski definition) is 1. The molecule has 0 aliphatic carbocycles. The molecule has 1 aromatic carbocycles. The van der Waals surface area contributed by atoms with Gasteiger partial charge in [-0.2, -0.15) is 0 Å². The van der Waals surface area contributed by atoms with Gasteiger partial charge in [-0.3, -0.25) is 19.7 Å². The summed E-state index contributed by atoms with van der Waals surface area (Å²) in [6.07, 6.45) is 2.11. The largest absolute Gasteiger partial charge is 0.352 e. The van der Waals surface area contributed by atoms with Gasteiger partial charge in [-0.1, -0.05) is 13.8 Å². The van der Waals surface area contributed by atoms with Gasteiger partial charge in [0.1, 0.15) is 0 Å². The molecule has 1 heterocycles. The number of nitrogens with zero attached hydrogens (tertiary/aromatic N) is 2. The van der Waals surface area contributed by atoms with E-state index >= 15 is 0 Å². The predicted octanol–water partition coefficient (Wildman–Crippen LogP) is 3.23. The third-order valence-electron chi connectivity index (χ3n) is 4.51. The number of likely N-dealkylation sites (tertiary alicyclic amines) is 1. The number of nitro groups is 1. The second kappa shape index (κ2) is 9.73. The van der Waals surface area contributed by atoms with Crippen molar-refractivity contribution in [3.8, 4) is 0 Å². The van der Waals surface area contributed by atoms with Crippen molar-refractivity contribution in [2.45, 2.75) is 56.2 Å². The maximum absolute atomic E-state index is 12.4. The number of hydrogen-bond acceptors (Lipinski definition) is 5. The van der Waals surface area contributed by atoms with Crippen LogP contribution in [0, 0.1) is 16.0 Å². The van der Waals surface area contributed by atoms with Gasteiger partial charge in [-0.05, 0) is 37.8 Å². The van der Waals surface area contributed by atoms with Crippen LogP contribution in [-0.2, 0) is 9.59 Å². The van der Waals surface area contributed by atoms with E-state index in [0.29, 0.717) is 25.4 Å². The molecule has 0 saturated carbocycles. The molecule has 0 spiro atoms. The van der Waals surface area contributed by atoms with Crippen LogP contribution in [0.2, 0.25) is 0 Å². The van der Waals surface area contributed by atoms with Crippen LogP contribution in [0.5, 0.6) is 0 Å². The van der Waals surface area contributed by atoms with Crippen molar-refractivity contribution in [2.24, 2.45) is 5.92 Å². The van der Waals surface area contributed by atoms with Gasteiger partial charge in [-0.15, -0.1) is 11.8 Å². The van der Waals surface area contributed by atoms with Crippen LogP contribution in [0.4, 0.5) is 5.69 Å². The molecule has 0 aromatic heterocycles. The Morgan fingerprint density at radius 2 is 1.81 bits per heavy atom. The number of nitro benzene ring substituents is 1. The molecule has 0 unspecified atom stereocenters. The topological polar surface area (TPSA) is 92.6 Å². The fraction of sp³-hybridized carbons (Fsp3) is 0.579. The van der Waals surface area contributed by atoms with Crippen molar-refractivity contribution in [2.75, 3.05) is 13.1 Å². The first kappa shape index (κ1) is 21.2. The first-order valence-corrected chi connectivity index (χ1v) is 10.1. The molecule has 7 nitrogen and oxygen atoms in total. The quantitative estimate of drug-likeness (QED) is 0.436. The lowest BCUT2D eigenvalue weighted by atomic mass is 10.0. The Hall–Kier alpha value is -2.09. The summed E-state index contributed by atoms with van der Waals surface area (Å²) < 4.78 is 0. The molecule has 0 radical (unpaired) electrons. The van der Waals surface area contributed by atoms with Crippen molar-refractivity contribution in [1.29, 1.82) is 0 Å². The van der Waals surface area contributed by atoms with Gasteiger partial charge in [0.15, 0.2) is 0 Å². The standard InChI is InChI=1S/C19H27N3O4S/c1-13(2)12-18(23)21-10-8-15(9-11-21)20-19(24)14(3)27-17-6-4-16(5-7-17)22(25)26/h4-7,13-15H,8-12H2,1-3H3,(H,20,24)/t14-/m1/s1. The number of non-ortho nitro benzene ring substituents is 1. The summed E-state index contributed by atoms with van der Waals surface area (Å²) in [6, 6.07) is 6.28. The first-order valence-electron chi connectivity index (χ1n) is 9.25. The molecule has 148 valence electrons. The molecule has 1 aliphatic rings. The monoisotopic (exact) mass is 393 g/mol. The average molecular weight is 394 g/mol. The van der Waals surface area contributed by atoms with Crippen molar-refractivity contribution in [1.82, 2.24) is 10.2 Å². The van der Waals surface area contributed by atoms with Gasteiger partial charge in [-0.25, -0.2) is 0 Å². The Morgan fingerprint density at radius 3 is 2.33 bits per heavy atom. The number of amides is 2. The van der Waals surface area contributed by atoms with Gasteiger partial charge < -0.3 is 10.2 Å². The zero-order valence-corrected chi connectivity index (χ0v) is 16.8. The SMILES string of the molecule is CC(C)CC(=O)N1CCC(NC(=O)[C@@H](C)Sc2ccc([N+](=O)[O-])cc2)CC1. The van der Waals surface area contributed by atoms with Crippen LogP contribution < -0.4 is 5.32 Å². The number of carbonyl (C=O) groups excluding carboxylic acids is 2. The maximum atomic E-state index is 12.4. The second-order valence-corrected chi connectivity index (χ2v) is 8.69. The Morgan fingerprint density at radius 1 is 1.22 bits per heavy atom. The van der Waals surface area contributed by atoms with Gasteiger partial charge in [0, 0.05) is 42.6 Å². The van der Waals surface area contributed by atoms with Gasteiger partial charge >= 0.3 is 0 Å². The van der Waals surface area contributed by atoms with Gasteiger partial charge in [0.2, 0.25) is 11.8 Å². The summed E-state index contributed by atoms with van der Waals surface area (Å²) in [5.41, 5.74) is 0.0372. The molecule has 8 heteroatoms. The van der Waals surface area contributed by atoms with Crippen LogP contribution in [0.25, 0.3) is 0 Å². The lowest BCUT2D eigenvalue weighted by Crippen LogP contribution is -2.48. The van der Waals surface area contributed by atoms with E-state index in [2.05, 4.69) is 5.32 Å². The van der Waals surface area contributed by atoms with E-state index in [9.17, 15) is 19.7 Å². The van der Waals surface area contributed by atoms with Crippen LogP contribution in [0.15, 0.2) is 29.2 Å². The highest BCUT2D eigenvalue weighted by atomic mass is 32.2. The third kappa shape index (κ3) is 6.53. The van der Waals surface area contributed by atoms with Crippen LogP contribution >= 0.6 is 11.8 Å². The molecule has 1 N–H and O–H groups in total. The summed E-state index contributed by atoms with van der Waals surface area (Å²) in [4.78, 5) is 37.5. The van der Waals surface area contributed by atoms with Gasteiger partial charge in [0.25, 0.3) is 5.69 Å². The Balaban J connectivity index is 1.78. The van der Waals surface area contributed by atoms with E-state index in [-0.39, 0.29) is 28.8 Å². The molecule has 1 atom stereocenters. The fourth-order valence-corrected chi connectivity index (χ4v) is 3.85. The fourth-order valence-electron chi connectivity index (χ4n) is 2.97. The van der Waals surface area contributed by atoms with Crippen LogP contribution in [0.1, 0.15) is 40.0 Å². The molecule has 1 aliphatic heterocycles. The Bertz CT molecular complexity index is 670. The van der Waals surface area contributed by atoms with Crippen molar-refractivity contribution >= 4 is 29.3 Å². The second-order valence-electron chi connectivity index (χ2n) is 7.27. The van der Waals surface area contributed by atoms with Gasteiger partial charge in [0.05, 0.1) is 10.2 Å². The highest BCUT2D eigenvalue weighted by Crippen LogP contribution is 2.26. The Labute approximate surface area is 164 Å². The molecular weight excluding hydrogens is 366 g/mol. The predicted molar refractivity (Wildman–Crippen MR) is 106 cm³/mol. The molecule has 1 aromatic rings. The number of rotatable bonds is 7. The summed E-state index contributed by atoms with van der Waals surface area (Å²) >= 11 is 1.37. The van der Waals surface area contributed by atoms with E-state index in [1.54, 1.807) is 12.1 Å². The van der Waals surface area contributed by atoms with Crippen LogP contribution in [-0.4, -0.2) is 46.0 Å². The van der Waals surface area contributed by atoms with Crippen LogP contribution in [0.3, 0.4) is 0 Å². The molecule has 0 bridgehead atoms. The first-order chi connectivity index (χ1) is 12.8. The minimum atomic E-state index is -0.442. The average Bonchev–Trinajstić information content (AvgIpc) is 2.62. The van der Waals surface area contributed by atoms with Crippen molar-refractivity contribution in [3.63, 3.8) is 0 Å². The minimum Gasteiger partial charge on any atom is -0.352 e. The smallest absolute Gasteiger partial charge is 0.269 e. The highest BCUT2D eigenvalue weighted by Gasteiger charge is 2.25. The number of thioether (sulfide) groups is 1. The lowest BCUT2D eigenvalue weighted by molar-refractivity contribution is -0.384. The number of nitrogens with one attached hydrogen (secondary N) is 1. The molecule has 2 rings (SSSR count). The summed E-state index contributed by atoms with van der Waals surface area (Å²) in [6.45, 7) is 7.26. The normalized spacial score (nSPS) is 16.2.